The lowest BCUT2D eigenvalue weighted by Gasteiger charge is -1.51. The van der Waals surface area contributed by atoms with E-state index in [0.29, 0.717) is 0 Å². The third-order valence-electron chi connectivity index (χ3n) is 0. The van der Waals surface area contributed by atoms with Crippen molar-refractivity contribution in [1.29, 1.82) is 0 Å². The van der Waals surface area contributed by atoms with Gasteiger partial charge in [-0.1, -0.05) is 63.3 Å². The summed E-state index contributed by atoms with van der Waals surface area (Å²) in [5.74, 6) is 0. The maximum Gasteiger partial charge on any atom is -0.0683 e. The first-order chi connectivity index (χ1) is 5.41. The molecule has 0 spiro atoms. The van der Waals surface area contributed by atoms with Gasteiger partial charge in [0.1, 0.15) is 0 Å². The quantitative estimate of drug-likeness (QED) is 0.481. The molecule has 0 rings (SSSR count). The third-order valence-corrected chi connectivity index (χ3v) is 0. The second-order valence-electron chi connectivity index (χ2n) is 0.167. The minimum atomic E-state index is 0.917. The lowest BCUT2D eigenvalue weighted by atomic mass is 11.0. The van der Waals surface area contributed by atoms with Gasteiger partial charge in [0, 0.05) is 0 Å². The SMILES string of the molecule is CC.CC.CC.CC.PPP. The zero-order valence-electron chi connectivity index (χ0n) is 9.65. The molecule has 2 atom stereocenters. The van der Waals surface area contributed by atoms with Crippen molar-refractivity contribution in [3.63, 3.8) is 0 Å². The Morgan fingerprint density at radius 2 is 0.545 bits per heavy atom. The number of hydrogen-bond donors (Lipinski definition) is 0. The second-order valence-corrected chi connectivity index (χ2v) is 4.50. The summed E-state index contributed by atoms with van der Waals surface area (Å²) in [6.07, 6.45) is 0. The Morgan fingerprint density at radius 3 is 0.545 bits per heavy atom. The van der Waals surface area contributed by atoms with E-state index in [9.17, 15) is 0 Å². The second kappa shape index (κ2) is 228. The lowest BCUT2D eigenvalue weighted by molar-refractivity contribution is 1.50. The van der Waals surface area contributed by atoms with Crippen LogP contribution in [0.4, 0.5) is 0 Å². The molecule has 0 heterocycles. The van der Waals surface area contributed by atoms with E-state index < -0.39 is 0 Å². The van der Waals surface area contributed by atoms with Crippen LogP contribution in [0, 0.1) is 0 Å². The normalized spacial score (nSPS) is 3.82. The Balaban J connectivity index is -0.0000000139. The van der Waals surface area contributed by atoms with E-state index >= 15 is 0 Å². The fourth-order valence-corrected chi connectivity index (χ4v) is 0. The highest BCUT2D eigenvalue weighted by molar-refractivity contribution is 8.33. The molecule has 0 saturated heterocycles. The van der Waals surface area contributed by atoms with Gasteiger partial charge in [-0.3, -0.25) is 0 Å². The summed E-state index contributed by atoms with van der Waals surface area (Å²) in [4.78, 5) is 0. The lowest BCUT2D eigenvalue weighted by Crippen LogP contribution is -0.856. The summed E-state index contributed by atoms with van der Waals surface area (Å²) in [5, 5.41) is 0. The van der Waals surface area contributed by atoms with Crippen molar-refractivity contribution in [3.05, 3.63) is 0 Å². The van der Waals surface area contributed by atoms with Gasteiger partial charge in [-0.05, 0) is 0 Å². The van der Waals surface area contributed by atoms with E-state index in [2.05, 4.69) is 17.9 Å². The van der Waals surface area contributed by atoms with Crippen molar-refractivity contribution in [2.24, 2.45) is 0 Å². The van der Waals surface area contributed by atoms with Gasteiger partial charge in [0.05, 0.1) is 0 Å². The van der Waals surface area contributed by atoms with Crippen LogP contribution in [-0.2, 0) is 0 Å². The fourth-order valence-electron chi connectivity index (χ4n) is 0. The van der Waals surface area contributed by atoms with Gasteiger partial charge in [0.25, 0.3) is 0 Å². The highest BCUT2D eigenvalue weighted by atomic mass is 32.4. The highest BCUT2D eigenvalue weighted by Crippen LogP contribution is 2.28. The predicted molar refractivity (Wildman–Crippen MR) is 73.1 cm³/mol. The molecule has 0 aromatic carbocycles. The van der Waals surface area contributed by atoms with E-state index in [1.807, 2.05) is 55.4 Å². The summed E-state index contributed by atoms with van der Waals surface area (Å²) >= 11 is 0. The maximum absolute atomic E-state index is 2.57. The molecule has 0 N–H and O–H groups in total. The Kier molecular flexibility index (Phi) is 611. The van der Waals surface area contributed by atoms with Crippen LogP contribution in [-0.4, -0.2) is 0 Å². The molecule has 0 amide bonds. The van der Waals surface area contributed by atoms with Crippen LogP contribution in [0.5, 0.6) is 0 Å². The van der Waals surface area contributed by atoms with E-state index in [1.54, 1.807) is 0 Å². The third kappa shape index (κ3) is 586. The van der Waals surface area contributed by atoms with Gasteiger partial charge in [0.2, 0.25) is 0 Å². The van der Waals surface area contributed by atoms with Crippen LogP contribution in [0.15, 0.2) is 0 Å². The van der Waals surface area contributed by atoms with Crippen molar-refractivity contribution in [2.75, 3.05) is 0 Å². The minimum absolute atomic E-state index is 0.917. The molecule has 0 aliphatic rings. The average molecular weight is 218 g/mol. The van der Waals surface area contributed by atoms with Crippen LogP contribution < -0.4 is 0 Å². The molecule has 0 bridgehead atoms. The standard InChI is InChI=1S/4C2H6.H5P3/c4*1-2;1-3-2/h4*1-2H3;3H,1-2H2. The van der Waals surface area contributed by atoms with Crippen molar-refractivity contribution in [1.82, 2.24) is 0 Å². The molecule has 0 radical (unpaired) electrons. The van der Waals surface area contributed by atoms with Gasteiger partial charge >= 0.3 is 0 Å². The van der Waals surface area contributed by atoms with Crippen molar-refractivity contribution < 1.29 is 0 Å². The Bertz CT molecular complexity index is 9.30. The summed E-state index contributed by atoms with van der Waals surface area (Å²) < 4.78 is 0. The van der Waals surface area contributed by atoms with E-state index in [0.717, 1.165) is 7.96 Å². The summed E-state index contributed by atoms with van der Waals surface area (Å²) in [6, 6.07) is 0. The van der Waals surface area contributed by atoms with Crippen LogP contribution in [0.2, 0.25) is 0 Å². The zero-order chi connectivity index (χ0) is 10.7. The zero-order valence-corrected chi connectivity index (χ0v) is 13.0. The average Bonchev–Trinajstić information content (AvgIpc) is 2.18. The van der Waals surface area contributed by atoms with Crippen LogP contribution in [0.3, 0.4) is 0 Å². The topological polar surface area (TPSA) is 0 Å². The first-order valence-electron chi connectivity index (χ1n) is 4.58. The number of rotatable bonds is 0. The minimum Gasteiger partial charge on any atom is -0.110 e. The Hall–Kier alpha value is 1.29. The van der Waals surface area contributed by atoms with E-state index in [4.69, 9.17) is 0 Å². The monoisotopic (exact) mass is 218 g/mol. The molecule has 11 heavy (non-hydrogen) atoms. The first kappa shape index (κ1) is 29.5. The predicted octanol–water partition coefficient (Wildman–Crippen LogP) is 5.35. The van der Waals surface area contributed by atoms with Gasteiger partial charge in [-0.25, -0.2) is 0 Å². The van der Waals surface area contributed by atoms with Crippen LogP contribution in [0.25, 0.3) is 0 Å². The summed E-state index contributed by atoms with van der Waals surface area (Å²) in [6.45, 7) is 16.0. The molecule has 0 saturated carbocycles. The molecule has 0 aliphatic carbocycles. The Morgan fingerprint density at radius 1 is 0.545 bits per heavy atom. The van der Waals surface area contributed by atoms with Gasteiger partial charge in [-0.15, -0.1) is 17.9 Å². The largest absolute Gasteiger partial charge is 0.110 e. The molecular weight excluding hydrogens is 189 g/mol. The molecule has 2 unspecified atom stereocenters. The van der Waals surface area contributed by atoms with Gasteiger partial charge in [-0.2, -0.15) is 0 Å². The molecule has 0 aliphatic heterocycles. The summed E-state index contributed by atoms with van der Waals surface area (Å²) in [5.41, 5.74) is 0. The molecule has 0 aromatic rings. The van der Waals surface area contributed by atoms with Crippen molar-refractivity contribution >= 4 is 25.8 Å². The van der Waals surface area contributed by atoms with Gasteiger partial charge < -0.3 is 0 Å². The molecule has 3 heteroatoms. The molecule has 0 fully saturated rings. The van der Waals surface area contributed by atoms with Crippen LogP contribution >= 0.6 is 25.8 Å². The molecule has 76 valence electrons. The van der Waals surface area contributed by atoms with Crippen molar-refractivity contribution in [3.8, 4) is 0 Å². The molecule has 0 nitrogen and oxygen atoms in total. The molecular formula is C8H29P3. The van der Waals surface area contributed by atoms with Crippen LogP contribution in [0.1, 0.15) is 55.4 Å². The maximum atomic E-state index is 2.57. The molecule has 0 aromatic heterocycles. The van der Waals surface area contributed by atoms with E-state index in [-0.39, 0.29) is 0 Å². The first-order valence-corrected chi connectivity index (χ1v) is 9.20. The fraction of sp³-hybridized carbons (Fsp3) is 1.00. The van der Waals surface area contributed by atoms with Crippen molar-refractivity contribution in [2.45, 2.75) is 55.4 Å². The smallest absolute Gasteiger partial charge is 0.0683 e. The summed E-state index contributed by atoms with van der Waals surface area (Å²) in [7, 11) is 6.06. The number of hydrogen-bond acceptors (Lipinski definition) is 0. The van der Waals surface area contributed by atoms with E-state index in [1.165, 1.54) is 0 Å². The Labute approximate surface area is 81.7 Å². The van der Waals surface area contributed by atoms with Gasteiger partial charge in [0.15, 0.2) is 0 Å². The highest BCUT2D eigenvalue weighted by Gasteiger charge is 1.32.